The first kappa shape index (κ1) is 15.0. The van der Waals surface area contributed by atoms with E-state index in [1.807, 2.05) is 0 Å². The average molecular weight is 298 g/mol. The second-order valence-corrected chi connectivity index (χ2v) is 4.32. The van der Waals surface area contributed by atoms with Gasteiger partial charge >= 0.3 is 0 Å². The van der Waals surface area contributed by atoms with Crippen molar-refractivity contribution in [2.24, 2.45) is 10.8 Å². The van der Waals surface area contributed by atoms with Gasteiger partial charge in [0, 0.05) is 23.5 Å². The molecule has 1 aromatic carbocycles. The number of guanidine groups is 1. The summed E-state index contributed by atoms with van der Waals surface area (Å²) in [5.74, 6) is -0.379. The maximum atomic E-state index is 11.2. The third-order valence-corrected chi connectivity index (χ3v) is 2.85. The lowest BCUT2D eigenvalue weighted by molar-refractivity contribution is -0.385. The van der Waals surface area contributed by atoms with Crippen molar-refractivity contribution in [1.29, 1.82) is 5.41 Å². The minimum Gasteiger partial charge on any atom is -0.369 e. The Morgan fingerprint density at radius 1 is 1.36 bits per heavy atom. The van der Waals surface area contributed by atoms with Gasteiger partial charge in [-0.2, -0.15) is 5.10 Å². The number of nitrogens with zero attached hydrogens (tertiary/aromatic N) is 2. The van der Waals surface area contributed by atoms with Crippen LogP contribution in [0.15, 0.2) is 54.3 Å². The largest absolute Gasteiger partial charge is 0.369 e. The Kier molecular flexibility index (Phi) is 4.33. The predicted octanol–water partition coefficient (Wildman–Crippen LogP) is 1.82. The fourth-order valence-electron chi connectivity index (χ4n) is 1.89. The third kappa shape index (κ3) is 3.18. The Morgan fingerprint density at radius 2 is 2.09 bits per heavy atom. The van der Waals surface area contributed by atoms with Crippen molar-refractivity contribution >= 4 is 22.9 Å². The van der Waals surface area contributed by atoms with E-state index in [2.05, 4.69) is 22.1 Å². The number of benzene rings is 1. The number of nitrogens with two attached hydrogens (primary N) is 1. The second-order valence-electron chi connectivity index (χ2n) is 4.32. The molecule has 0 fully saturated rings. The maximum absolute atomic E-state index is 11.2. The molecule has 0 aliphatic rings. The molecule has 1 heterocycles. The Labute approximate surface area is 126 Å². The molecule has 8 heteroatoms. The van der Waals surface area contributed by atoms with Crippen molar-refractivity contribution in [1.82, 2.24) is 10.4 Å². The SMILES string of the molecule is C=C(C(=NNC(=N)N)c1ccccc1[N+](=O)[O-])c1ccc[nH]1. The molecule has 0 amide bonds. The molecule has 0 saturated heterocycles. The molecule has 112 valence electrons. The van der Waals surface area contributed by atoms with Crippen LogP contribution in [0.4, 0.5) is 5.69 Å². The van der Waals surface area contributed by atoms with Gasteiger partial charge in [-0.25, -0.2) is 5.43 Å². The Bertz CT molecular complexity index is 748. The maximum Gasteiger partial charge on any atom is 0.278 e. The molecule has 5 N–H and O–H groups in total. The summed E-state index contributed by atoms with van der Waals surface area (Å²) in [6.45, 7) is 3.92. The summed E-state index contributed by atoms with van der Waals surface area (Å²) < 4.78 is 0. The van der Waals surface area contributed by atoms with E-state index in [4.69, 9.17) is 11.1 Å². The predicted molar refractivity (Wildman–Crippen MR) is 84.5 cm³/mol. The van der Waals surface area contributed by atoms with Gasteiger partial charge in [-0.3, -0.25) is 15.5 Å². The first-order valence-corrected chi connectivity index (χ1v) is 6.25. The van der Waals surface area contributed by atoms with Crippen LogP contribution < -0.4 is 11.2 Å². The fraction of sp³-hybridized carbons (Fsp3) is 0. The number of H-pyrrole nitrogens is 1. The van der Waals surface area contributed by atoms with Crippen LogP contribution in [0.3, 0.4) is 0 Å². The number of nitro groups is 1. The molecule has 1 aromatic heterocycles. The summed E-state index contributed by atoms with van der Waals surface area (Å²) in [5.41, 5.74) is 9.02. The van der Waals surface area contributed by atoms with Crippen molar-refractivity contribution in [3.8, 4) is 0 Å². The zero-order valence-corrected chi connectivity index (χ0v) is 11.5. The van der Waals surface area contributed by atoms with Crippen molar-refractivity contribution in [2.45, 2.75) is 0 Å². The molecule has 0 atom stereocenters. The number of aromatic nitrogens is 1. The number of nitrogens with one attached hydrogen (secondary N) is 3. The molecular formula is C14H14N6O2. The summed E-state index contributed by atoms with van der Waals surface area (Å²) in [5, 5.41) is 22.4. The fourth-order valence-corrected chi connectivity index (χ4v) is 1.89. The lowest BCUT2D eigenvalue weighted by Crippen LogP contribution is -2.27. The first-order valence-electron chi connectivity index (χ1n) is 6.25. The van der Waals surface area contributed by atoms with E-state index in [9.17, 15) is 10.1 Å². The number of nitro benzene ring substituents is 1. The van der Waals surface area contributed by atoms with Gasteiger partial charge in [-0.15, -0.1) is 0 Å². The van der Waals surface area contributed by atoms with Gasteiger partial charge < -0.3 is 10.7 Å². The first-order chi connectivity index (χ1) is 10.5. The number of hydrogen-bond donors (Lipinski definition) is 4. The number of para-hydroxylation sites is 1. The molecule has 0 aliphatic carbocycles. The second kappa shape index (κ2) is 6.35. The van der Waals surface area contributed by atoms with Crippen LogP contribution in [-0.2, 0) is 0 Å². The number of allylic oxidation sites excluding steroid dienone is 1. The highest BCUT2D eigenvalue weighted by Crippen LogP contribution is 2.24. The van der Waals surface area contributed by atoms with E-state index >= 15 is 0 Å². The standard InChI is InChI=1S/C14H14N6O2/c1-9(11-6-4-8-17-11)13(18-19-14(15)16)10-5-2-3-7-12(10)20(21)22/h2-8,17H,1H2,(H4,15,16,19). The van der Waals surface area contributed by atoms with Gasteiger partial charge in [0.2, 0.25) is 5.96 Å². The van der Waals surface area contributed by atoms with E-state index in [1.165, 1.54) is 6.07 Å². The minimum absolute atomic E-state index is 0.112. The van der Waals surface area contributed by atoms with Gasteiger partial charge in [-0.1, -0.05) is 18.7 Å². The van der Waals surface area contributed by atoms with Crippen LogP contribution in [-0.4, -0.2) is 21.6 Å². The summed E-state index contributed by atoms with van der Waals surface area (Å²) >= 11 is 0. The summed E-state index contributed by atoms with van der Waals surface area (Å²) in [7, 11) is 0. The minimum atomic E-state index is -0.499. The van der Waals surface area contributed by atoms with Crippen molar-refractivity contribution in [2.75, 3.05) is 0 Å². The van der Waals surface area contributed by atoms with E-state index in [0.29, 0.717) is 11.3 Å². The smallest absolute Gasteiger partial charge is 0.278 e. The quantitative estimate of drug-likeness (QED) is 0.290. The molecule has 0 aliphatic heterocycles. The highest BCUT2D eigenvalue weighted by molar-refractivity contribution is 6.32. The van der Waals surface area contributed by atoms with Gasteiger partial charge in [0.1, 0.15) is 5.71 Å². The number of rotatable bonds is 5. The lowest BCUT2D eigenvalue weighted by Gasteiger charge is -2.10. The topological polar surface area (TPSA) is 133 Å². The van der Waals surface area contributed by atoms with E-state index in [1.54, 1.807) is 36.5 Å². The van der Waals surface area contributed by atoms with Crippen LogP contribution >= 0.6 is 0 Å². The van der Waals surface area contributed by atoms with E-state index in [0.717, 1.165) is 0 Å². The summed E-state index contributed by atoms with van der Waals surface area (Å²) in [6, 6.07) is 9.70. The Morgan fingerprint density at radius 3 is 2.68 bits per heavy atom. The molecule has 8 nitrogen and oxygen atoms in total. The van der Waals surface area contributed by atoms with Crippen molar-refractivity contribution in [3.05, 3.63) is 70.5 Å². The highest BCUT2D eigenvalue weighted by atomic mass is 16.6. The average Bonchev–Trinajstić information content (AvgIpc) is 3.01. The van der Waals surface area contributed by atoms with Gasteiger partial charge in [0.25, 0.3) is 5.69 Å². The molecule has 2 rings (SSSR count). The van der Waals surface area contributed by atoms with Crippen LogP contribution in [0.1, 0.15) is 11.3 Å². The molecule has 0 spiro atoms. The zero-order chi connectivity index (χ0) is 16.1. The highest BCUT2D eigenvalue weighted by Gasteiger charge is 2.21. The number of hydrazone groups is 1. The van der Waals surface area contributed by atoms with Crippen LogP contribution in [0.5, 0.6) is 0 Å². The van der Waals surface area contributed by atoms with Crippen LogP contribution in [0.25, 0.3) is 5.57 Å². The molecule has 0 unspecified atom stereocenters. The molecular weight excluding hydrogens is 284 g/mol. The van der Waals surface area contributed by atoms with Crippen molar-refractivity contribution in [3.63, 3.8) is 0 Å². The Balaban J connectivity index is 2.55. The molecule has 2 aromatic rings. The van der Waals surface area contributed by atoms with Gasteiger partial charge in [0.05, 0.1) is 10.5 Å². The summed E-state index contributed by atoms with van der Waals surface area (Å²) in [4.78, 5) is 13.7. The number of aromatic amines is 1. The van der Waals surface area contributed by atoms with Crippen LogP contribution in [0.2, 0.25) is 0 Å². The molecule has 0 radical (unpaired) electrons. The zero-order valence-electron chi connectivity index (χ0n) is 11.5. The van der Waals surface area contributed by atoms with Gasteiger partial charge in [0.15, 0.2) is 0 Å². The number of hydrogen-bond acceptors (Lipinski definition) is 4. The monoisotopic (exact) mass is 298 g/mol. The van der Waals surface area contributed by atoms with E-state index < -0.39 is 4.92 Å². The lowest BCUT2D eigenvalue weighted by atomic mass is 10.00. The summed E-state index contributed by atoms with van der Waals surface area (Å²) in [6.07, 6.45) is 1.70. The molecule has 0 saturated carbocycles. The van der Waals surface area contributed by atoms with Gasteiger partial charge in [-0.05, 0) is 18.2 Å². The Hall–Kier alpha value is -3.42. The third-order valence-electron chi connectivity index (χ3n) is 2.85. The normalized spacial score (nSPS) is 11.0. The molecule has 0 bridgehead atoms. The van der Waals surface area contributed by atoms with Crippen molar-refractivity contribution < 1.29 is 4.92 Å². The molecule has 22 heavy (non-hydrogen) atoms. The van der Waals surface area contributed by atoms with E-state index in [-0.39, 0.29) is 22.9 Å². The van der Waals surface area contributed by atoms with Crippen LogP contribution in [0, 0.1) is 15.5 Å².